The number of H-pyrrole nitrogens is 1. The molecule has 0 atom stereocenters. The molecule has 0 saturated carbocycles. The van der Waals surface area contributed by atoms with Crippen molar-refractivity contribution in [2.75, 3.05) is 24.5 Å². The summed E-state index contributed by atoms with van der Waals surface area (Å²) in [6, 6.07) is 11.7. The Bertz CT molecular complexity index is 1380. The second kappa shape index (κ2) is 8.46. The number of fused-ring (bicyclic) bond motifs is 1. The van der Waals surface area contributed by atoms with E-state index < -0.39 is 0 Å². The molecule has 1 amide bonds. The normalized spacial score (nSPS) is 13.8. The molecule has 7 heteroatoms. The minimum Gasteiger partial charge on any atom is -0.345 e. The molecule has 1 aliphatic rings. The zero-order valence-electron chi connectivity index (χ0n) is 17.4. The van der Waals surface area contributed by atoms with E-state index in [9.17, 15) is 4.79 Å². The van der Waals surface area contributed by atoms with Crippen molar-refractivity contribution in [1.82, 2.24) is 20.3 Å². The van der Waals surface area contributed by atoms with Crippen LogP contribution in [0.15, 0.2) is 55.0 Å². The molecule has 4 heterocycles. The average Bonchev–Trinajstić information content (AvgIpc) is 3.23. The van der Waals surface area contributed by atoms with E-state index >= 15 is 0 Å². The van der Waals surface area contributed by atoms with E-state index in [1.807, 2.05) is 49.5 Å². The molecule has 6 nitrogen and oxygen atoms in total. The number of benzene rings is 1. The van der Waals surface area contributed by atoms with Crippen LogP contribution in [-0.4, -0.2) is 40.5 Å². The van der Waals surface area contributed by atoms with Gasteiger partial charge in [0.05, 0.1) is 22.5 Å². The number of anilines is 1. The molecule has 1 saturated heterocycles. The molecule has 158 valence electrons. The number of piperazine rings is 1. The first kappa shape index (κ1) is 20.3. The summed E-state index contributed by atoms with van der Waals surface area (Å²) >= 11 is 6.86. The number of carbonyl (C=O) groups is 1. The highest BCUT2D eigenvalue weighted by atomic mass is 35.5. The van der Waals surface area contributed by atoms with Gasteiger partial charge in [-0.1, -0.05) is 35.6 Å². The minimum absolute atomic E-state index is 0.0573. The lowest BCUT2D eigenvalue weighted by Crippen LogP contribution is -2.48. The lowest BCUT2D eigenvalue weighted by molar-refractivity contribution is -0.118. The summed E-state index contributed by atoms with van der Waals surface area (Å²) in [5.41, 5.74) is 5.78. The highest BCUT2D eigenvalue weighted by Crippen LogP contribution is 2.36. The Morgan fingerprint density at radius 3 is 2.84 bits per heavy atom. The highest BCUT2D eigenvalue weighted by Gasteiger charge is 2.20. The number of aromatic amines is 1. The summed E-state index contributed by atoms with van der Waals surface area (Å²) in [4.78, 5) is 26.1. The van der Waals surface area contributed by atoms with Gasteiger partial charge in [-0.3, -0.25) is 9.78 Å². The van der Waals surface area contributed by atoms with Crippen molar-refractivity contribution in [2.24, 2.45) is 0 Å². The molecule has 32 heavy (non-hydrogen) atoms. The largest absolute Gasteiger partial charge is 0.345 e. The average molecular weight is 442 g/mol. The van der Waals surface area contributed by atoms with Crippen molar-refractivity contribution in [1.29, 1.82) is 0 Å². The third-order valence-electron chi connectivity index (χ3n) is 5.45. The van der Waals surface area contributed by atoms with Gasteiger partial charge in [0.15, 0.2) is 0 Å². The molecular formula is C25H20ClN5O. The number of aromatic nitrogens is 3. The van der Waals surface area contributed by atoms with E-state index in [0.29, 0.717) is 23.8 Å². The van der Waals surface area contributed by atoms with Crippen LogP contribution in [0.3, 0.4) is 0 Å². The predicted molar refractivity (Wildman–Crippen MR) is 127 cm³/mol. The smallest absolute Gasteiger partial charge is 0.240 e. The lowest BCUT2D eigenvalue weighted by atomic mass is 10.0. The Hall–Kier alpha value is -3.66. The Morgan fingerprint density at radius 1 is 1.12 bits per heavy atom. The van der Waals surface area contributed by atoms with Gasteiger partial charge >= 0.3 is 0 Å². The molecule has 0 radical (unpaired) electrons. The molecule has 1 fully saturated rings. The van der Waals surface area contributed by atoms with Gasteiger partial charge in [0.2, 0.25) is 5.91 Å². The Labute approximate surface area is 190 Å². The van der Waals surface area contributed by atoms with Gasteiger partial charge in [0.1, 0.15) is 5.65 Å². The monoisotopic (exact) mass is 441 g/mol. The molecule has 1 aliphatic heterocycles. The van der Waals surface area contributed by atoms with E-state index in [0.717, 1.165) is 45.6 Å². The number of amides is 1. The summed E-state index contributed by atoms with van der Waals surface area (Å²) < 4.78 is 0. The van der Waals surface area contributed by atoms with E-state index in [-0.39, 0.29) is 5.91 Å². The third-order valence-corrected chi connectivity index (χ3v) is 5.84. The fraction of sp³-hybridized carbons (Fsp3) is 0.160. The quantitative estimate of drug-likeness (QED) is 0.462. The third kappa shape index (κ3) is 3.84. The van der Waals surface area contributed by atoms with Crippen molar-refractivity contribution in [3.63, 3.8) is 0 Å². The molecular weight excluding hydrogens is 422 g/mol. The van der Waals surface area contributed by atoms with Gasteiger partial charge in [-0.05, 0) is 36.8 Å². The fourth-order valence-electron chi connectivity index (χ4n) is 3.76. The first-order valence-corrected chi connectivity index (χ1v) is 10.7. The van der Waals surface area contributed by atoms with Crippen LogP contribution in [0.25, 0.3) is 22.2 Å². The van der Waals surface area contributed by atoms with Crippen molar-refractivity contribution in [2.45, 2.75) is 6.92 Å². The van der Waals surface area contributed by atoms with Crippen LogP contribution in [-0.2, 0) is 4.79 Å². The number of nitrogens with zero attached hydrogens (tertiary/aromatic N) is 3. The number of nitrogens with one attached hydrogen (secondary N) is 2. The minimum atomic E-state index is 0.0573. The summed E-state index contributed by atoms with van der Waals surface area (Å²) in [6.07, 6.45) is 5.32. The summed E-state index contributed by atoms with van der Waals surface area (Å²) in [7, 11) is 0. The summed E-state index contributed by atoms with van der Waals surface area (Å²) in [6.45, 7) is 3.70. The number of carbonyl (C=O) groups excluding carboxylic acids is 1. The fourth-order valence-corrected chi connectivity index (χ4v) is 4.11. The van der Waals surface area contributed by atoms with Gasteiger partial charge in [-0.25, -0.2) is 4.98 Å². The van der Waals surface area contributed by atoms with Crippen LogP contribution in [0.1, 0.15) is 16.8 Å². The molecule has 0 bridgehead atoms. The van der Waals surface area contributed by atoms with Crippen LogP contribution < -0.4 is 10.2 Å². The molecule has 2 N–H and O–H groups in total. The maximum atomic E-state index is 12.3. The van der Waals surface area contributed by atoms with Crippen molar-refractivity contribution < 1.29 is 4.79 Å². The Morgan fingerprint density at radius 2 is 2.03 bits per heavy atom. The molecule has 5 rings (SSSR count). The van der Waals surface area contributed by atoms with Crippen molar-refractivity contribution in [3.05, 3.63) is 76.8 Å². The molecule has 0 unspecified atom stereocenters. The van der Waals surface area contributed by atoms with Gasteiger partial charge in [0.25, 0.3) is 0 Å². The highest BCUT2D eigenvalue weighted by molar-refractivity contribution is 6.38. The maximum Gasteiger partial charge on any atom is 0.240 e. The van der Waals surface area contributed by atoms with Crippen LogP contribution in [0, 0.1) is 18.8 Å². The van der Waals surface area contributed by atoms with Crippen LogP contribution in [0.5, 0.6) is 0 Å². The summed E-state index contributed by atoms with van der Waals surface area (Å²) in [5, 5.41) is 4.45. The second-order valence-electron chi connectivity index (χ2n) is 7.62. The number of rotatable bonds is 2. The Balaban J connectivity index is 1.54. The van der Waals surface area contributed by atoms with Gasteiger partial charge in [-0.15, -0.1) is 0 Å². The molecule has 0 aliphatic carbocycles. The van der Waals surface area contributed by atoms with Gasteiger partial charge < -0.3 is 15.2 Å². The maximum absolute atomic E-state index is 12.3. The zero-order valence-corrected chi connectivity index (χ0v) is 18.2. The zero-order chi connectivity index (χ0) is 22.1. The van der Waals surface area contributed by atoms with E-state index in [2.05, 4.69) is 32.1 Å². The first-order chi connectivity index (χ1) is 15.6. The standard InChI is InChI=1S/C25H20ClN5O/c1-16-5-6-17(12-28-16)7-8-19-13-29-25-23(19)24(26)21(14-30-25)18-3-2-4-20(11-18)31-10-9-27-15-22(31)32/h2-6,11-14,27H,9-10,15H2,1H3,(H,29,30). The predicted octanol–water partition coefficient (Wildman–Crippen LogP) is 3.92. The first-order valence-electron chi connectivity index (χ1n) is 10.3. The number of aryl methyl sites for hydroxylation is 1. The van der Waals surface area contributed by atoms with Crippen LogP contribution in [0.2, 0.25) is 5.02 Å². The molecule has 3 aromatic heterocycles. The van der Waals surface area contributed by atoms with E-state index in [1.165, 1.54) is 0 Å². The van der Waals surface area contributed by atoms with Gasteiger partial charge in [0, 0.05) is 54.2 Å². The van der Waals surface area contributed by atoms with E-state index in [1.54, 1.807) is 17.3 Å². The number of hydrogen-bond acceptors (Lipinski definition) is 4. The van der Waals surface area contributed by atoms with Gasteiger partial charge in [-0.2, -0.15) is 0 Å². The number of halogens is 1. The SMILES string of the molecule is Cc1ccc(C#Cc2c[nH]c3ncc(-c4cccc(N5CCNCC5=O)c4)c(Cl)c23)cn1. The number of hydrogen-bond donors (Lipinski definition) is 2. The molecule has 1 aromatic carbocycles. The summed E-state index contributed by atoms with van der Waals surface area (Å²) in [5.74, 6) is 6.38. The van der Waals surface area contributed by atoms with Crippen molar-refractivity contribution in [3.8, 4) is 23.0 Å². The number of pyridine rings is 2. The molecule has 4 aromatic rings. The van der Waals surface area contributed by atoms with Crippen LogP contribution in [0.4, 0.5) is 5.69 Å². The second-order valence-corrected chi connectivity index (χ2v) is 8.00. The Kier molecular flexibility index (Phi) is 5.36. The van der Waals surface area contributed by atoms with Crippen molar-refractivity contribution >= 4 is 34.2 Å². The molecule has 0 spiro atoms. The topological polar surface area (TPSA) is 73.9 Å². The lowest BCUT2D eigenvalue weighted by Gasteiger charge is -2.27. The van der Waals surface area contributed by atoms with E-state index in [4.69, 9.17) is 11.6 Å². The van der Waals surface area contributed by atoms with Crippen LogP contribution >= 0.6 is 11.6 Å².